The van der Waals surface area contributed by atoms with Crippen LogP contribution in [0.5, 0.6) is 0 Å². The molecule has 2 rings (SSSR count). The van der Waals surface area contributed by atoms with Crippen molar-refractivity contribution in [2.45, 2.75) is 70.7 Å². The van der Waals surface area contributed by atoms with E-state index in [-0.39, 0.29) is 17.4 Å². The van der Waals surface area contributed by atoms with Gasteiger partial charge >= 0.3 is 0 Å². The summed E-state index contributed by atoms with van der Waals surface area (Å²) in [7, 11) is -3.58. The number of rotatable bonds is 3. The van der Waals surface area contributed by atoms with E-state index in [4.69, 9.17) is 0 Å². The SMILES string of the molecule is CC(=O)NC1CCCN(S(=O)(=O)c2cc(C(C)(C)C)cc(C)c2C)C1. The summed E-state index contributed by atoms with van der Waals surface area (Å²) in [5, 5.41) is 2.85. The summed E-state index contributed by atoms with van der Waals surface area (Å²) in [5.74, 6) is -0.119. The molecular formula is C19H30N2O3S. The van der Waals surface area contributed by atoms with E-state index in [1.807, 2.05) is 19.9 Å². The summed E-state index contributed by atoms with van der Waals surface area (Å²) in [6, 6.07) is 3.78. The molecule has 1 heterocycles. The van der Waals surface area contributed by atoms with Crippen LogP contribution in [-0.4, -0.2) is 37.8 Å². The standard InChI is InChI=1S/C19H30N2O3S/c1-13-10-16(19(4,5)6)11-18(14(13)2)25(23,24)21-9-7-8-17(12-21)20-15(3)22/h10-11,17H,7-9,12H2,1-6H3,(H,20,22). The highest BCUT2D eigenvalue weighted by Gasteiger charge is 2.32. The van der Waals surface area contributed by atoms with Gasteiger partial charge in [-0.3, -0.25) is 4.79 Å². The molecule has 1 aliphatic heterocycles. The molecule has 140 valence electrons. The summed E-state index contributed by atoms with van der Waals surface area (Å²) in [5.41, 5.74) is 2.68. The number of nitrogens with zero attached hydrogens (tertiary/aromatic N) is 1. The quantitative estimate of drug-likeness (QED) is 0.894. The largest absolute Gasteiger partial charge is 0.352 e. The fourth-order valence-corrected chi connectivity index (χ4v) is 5.08. The molecule has 0 spiro atoms. The van der Waals surface area contributed by atoms with Gasteiger partial charge in [0.2, 0.25) is 15.9 Å². The zero-order chi connectivity index (χ0) is 19.0. The van der Waals surface area contributed by atoms with E-state index in [1.54, 1.807) is 0 Å². The fourth-order valence-electron chi connectivity index (χ4n) is 3.23. The van der Waals surface area contributed by atoms with Crippen molar-refractivity contribution in [3.05, 3.63) is 28.8 Å². The smallest absolute Gasteiger partial charge is 0.243 e. The van der Waals surface area contributed by atoms with Crippen molar-refractivity contribution in [3.8, 4) is 0 Å². The Hall–Kier alpha value is -1.40. The molecule has 1 aliphatic rings. The van der Waals surface area contributed by atoms with Crippen LogP contribution in [0.1, 0.15) is 57.2 Å². The Bertz CT molecular complexity index is 764. The molecule has 1 atom stereocenters. The molecule has 1 aromatic carbocycles. The second-order valence-electron chi connectivity index (χ2n) is 8.07. The van der Waals surface area contributed by atoms with Crippen LogP contribution in [0.2, 0.25) is 0 Å². The number of aryl methyl sites for hydroxylation is 1. The molecule has 6 heteroatoms. The van der Waals surface area contributed by atoms with Crippen molar-refractivity contribution in [3.63, 3.8) is 0 Å². The second kappa shape index (κ2) is 7.08. The number of sulfonamides is 1. The average Bonchev–Trinajstić information content (AvgIpc) is 2.48. The fraction of sp³-hybridized carbons (Fsp3) is 0.632. The van der Waals surface area contributed by atoms with E-state index in [0.29, 0.717) is 18.0 Å². The lowest BCUT2D eigenvalue weighted by atomic mass is 9.85. The van der Waals surface area contributed by atoms with Crippen LogP contribution in [-0.2, 0) is 20.2 Å². The van der Waals surface area contributed by atoms with Gasteiger partial charge in [-0.15, -0.1) is 0 Å². The van der Waals surface area contributed by atoms with Crippen molar-refractivity contribution in [2.75, 3.05) is 13.1 Å². The van der Waals surface area contributed by atoms with E-state index < -0.39 is 10.0 Å². The lowest BCUT2D eigenvalue weighted by Crippen LogP contribution is -2.49. The predicted octanol–water partition coefficient (Wildman–Crippen LogP) is 2.89. The highest BCUT2D eigenvalue weighted by Crippen LogP contribution is 2.31. The van der Waals surface area contributed by atoms with Gasteiger partial charge in [0.1, 0.15) is 0 Å². The molecule has 0 aromatic heterocycles. The monoisotopic (exact) mass is 366 g/mol. The number of amides is 1. The number of carbonyl (C=O) groups excluding carboxylic acids is 1. The molecule has 0 radical (unpaired) electrons. The van der Waals surface area contributed by atoms with E-state index >= 15 is 0 Å². The lowest BCUT2D eigenvalue weighted by Gasteiger charge is -2.33. The van der Waals surface area contributed by atoms with Crippen LogP contribution < -0.4 is 5.32 Å². The van der Waals surface area contributed by atoms with Gasteiger partial charge in [-0.25, -0.2) is 8.42 Å². The summed E-state index contributed by atoms with van der Waals surface area (Å²) >= 11 is 0. The van der Waals surface area contributed by atoms with Crippen LogP contribution in [0.25, 0.3) is 0 Å². The third-order valence-electron chi connectivity index (χ3n) is 4.90. The van der Waals surface area contributed by atoms with Crippen LogP contribution >= 0.6 is 0 Å². The molecule has 1 saturated heterocycles. The number of hydrogen-bond acceptors (Lipinski definition) is 3. The number of benzene rings is 1. The molecule has 0 aliphatic carbocycles. The Morgan fingerprint density at radius 2 is 1.88 bits per heavy atom. The van der Waals surface area contributed by atoms with Crippen molar-refractivity contribution >= 4 is 15.9 Å². The second-order valence-corrected chi connectivity index (χ2v) is 9.98. The van der Waals surface area contributed by atoms with Crippen molar-refractivity contribution in [1.82, 2.24) is 9.62 Å². The van der Waals surface area contributed by atoms with Crippen molar-refractivity contribution in [1.29, 1.82) is 0 Å². The minimum Gasteiger partial charge on any atom is -0.352 e. The van der Waals surface area contributed by atoms with Crippen LogP contribution in [0.4, 0.5) is 0 Å². The summed E-state index contributed by atoms with van der Waals surface area (Å²) in [6.07, 6.45) is 1.56. The molecule has 1 N–H and O–H groups in total. The molecule has 5 nitrogen and oxygen atoms in total. The zero-order valence-corrected chi connectivity index (χ0v) is 17.0. The predicted molar refractivity (Wildman–Crippen MR) is 100 cm³/mol. The average molecular weight is 367 g/mol. The van der Waals surface area contributed by atoms with E-state index in [1.165, 1.54) is 11.2 Å². The highest BCUT2D eigenvalue weighted by atomic mass is 32.2. The van der Waals surface area contributed by atoms with Gasteiger partial charge in [0.25, 0.3) is 0 Å². The Morgan fingerprint density at radius 3 is 2.44 bits per heavy atom. The third kappa shape index (κ3) is 4.42. The maximum atomic E-state index is 13.3. The normalized spacial score (nSPS) is 19.7. The Labute approximate surface area is 151 Å². The molecular weight excluding hydrogens is 336 g/mol. The van der Waals surface area contributed by atoms with Crippen molar-refractivity contribution < 1.29 is 13.2 Å². The molecule has 1 unspecified atom stereocenters. The molecule has 1 fully saturated rings. The summed E-state index contributed by atoms with van der Waals surface area (Å²) in [6.45, 7) is 12.4. The minimum atomic E-state index is -3.58. The topological polar surface area (TPSA) is 66.5 Å². The van der Waals surface area contributed by atoms with Gasteiger partial charge in [-0.05, 0) is 54.9 Å². The van der Waals surface area contributed by atoms with Crippen LogP contribution in [0.3, 0.4) is 0 Å². The lowest BCUT2D eigenvalue weighted by molar-refractivity contribution is -0.119. The first-order valence-corrected chi connectivity index (χ1v) is 10.3. The van der Waals surface area contributed by atoms with Gasteiger partial charge in [0, 0.05) is 26.1 Å². The molecule has 0 bridgehead atoms. The Balaban J connectivity index is 2.42. The summed E-state index contributed by atoms with van der Waals surface area (Å²) in [4.78, 5) is 11.7. The Morgan fingerprint density at radius 1 is 1.24 bits per heavy atom. The zero-order valence-electron chi connectivity index (χ0n) is 16.1. The maximum absolute atomic E-state index is 13.3. The van der Waals surface area contributed by atoms with E-state index in [9.17, 15) is 13.2 Å². The van der Waals surface area contributed by atoms with Gasteiger partial charge in [0.15, 0.2) is 0 Å². The number of carbonyl (C=O) groups is 1. The summed E-state index contributed by atoms with van der Waals surface area (Å²) < 4.78 is 28.1. The first-order valence-electron chi connectivity index (χ1n) is 8.82. The van der Waals surface area contributed by atoms with E-state index in [2.05, 4.69) is 32.2 Å². The van der Waals surface area contributed by atoms with Gasteiger partial charge < -0.3 is 5.32 Å². The molecule has 1 aromatic rings. The first kappa shape index (κ1) is 19.9. The van der Waals surface area contributed by atoms with Gasteiger partial charge in [-0.2, -0.15) is 4.31 Å². The number of piperidine rings is 1. The maximum Gasteiger partial charge on any atom is 0.243 e. The van der Waals surface area contributed by atoms with Crippen LogP contribution in [0.15, 0.2) is 17.0 Å². The van der Waals surface area contributed by atoms with Gasteiger partial charge in [0.05, 0.1) is 4.90 Å². The molecule has 1 amide bonds. The number of nitrogens with one attached hydrogen (secondary N) is 1. The van der Waals surface area contributed by atoms with Gasteiger partial charge in [-0.1, -0.05) is 26.8 Å². The number of hydrogen-bond donors (Lipinski definition) is 1. The van der Waals surface area contributed by atoms with Crippen molar-refractivity contribution in [2.24, 2.45) is 0 Å². The van der Waals surface area contributed by atoms with Crippen LogP contribution in [0, 0.1) is 13.8 Å². The Kier molecular flexibility index (Phi) is 5.64. The third-order valence-corrected chi connectivity index (χ3v) is 6.89. The van der Waals surface area contributed by atoms with E-state index in [0.717, 1.165) is 29.5 Å². The molecule has 25 heavy (non-hydrogen) atoms. The first-order chi connectivity index (χ1) is 11.4. The highest BCUT2D eigenvalue weighted by molar-refractivity contribution is 7.89. The molecule has 0 saturated carbocycles. The minimum absolute atomic E-state index is 0.117.